The van der Waals surface area contributed by atoms with E-state index in [1.54, 1.807) is 6.07 Å². The summed E-state index contributed by atoms with van der Waals surface area (Å²) in [6.45, 7) is 8.46. The van der Waals surface area contributed by atoms with E-state index in [0.29, 0.717) is 5.75 Å². The second kappa shape index (κ2) is 5.74. The van der Waals surface area contributed by atoms with Crippen molar-refractivity contribution in [2.75, 3.05) is 0 Å². The van der Waals surface area contributed by atoms with E-state index in [2.05, 4.69) is 27.7 Å². The molecule has 1 aliphatic carbocycles. The lowest BCUT2D eigenvalue weighted by atomic mass is 9.63. The minimum Gasteiger partial charge on any atom is -0.508 e. The van der Waals surface area contributed by atoms with E-state index < -0.39 is 0 Å². The number of fused-ring (bicyclic) bond motifs is 1. The van der Waals surface area contributed by atoms with Crippen LogP contribution in [0.15, 0.2) is 18.2 Å². The van der Waals surface area contributed by atoms with E-state index in [9.17, 15) is 5.11 Å². The molecule has 0 aromatic heterocycles. The van der Waals surface area contributed by atoms with E-state index in [1.165, 1.54) is 11.1 Å². The number of hydrogen-bond acceptors (Lipinski definition) is 3. The van der Waals surface area contributed by atoms with Crippen LogP contribution < -0.4 is 5.73 Å². The fraction of sp³-hybridized carbons (Fsp3) is 0.647. The topological polar surface area (TPSA) is 55.5 Å². The van der Waals surface area contributed by atoms with Crippen LogP contribution in [0.3, 0.4) is 0 Å². The zero-order valence-electron chi connectivity index (χ0n) is 13.0. The highest BCUT2D eigenvalue weighted by atomic mass is 16.5. The van der Waals surface area contributed by atoms with Gasteiger partial charge in [-0.3, -0.25) is 0 Å². The minimum atomic E-state index is -0.105. The van der Waals surface area contributed by atoms with Gasteiger partial charge in [0.2, 0.25) is 0 Å². The van der Waals surface area contributed by atoms with Crippen LogP contribution in [-0.2, 0) is 16.6 Å². The average Bonchev–Trinajstić information content (AvgIpc) is 2.41. The normalized spacial score (nSPS) is 24.7. The summed E-state index contributed by atoms with van der Waals surface area (Å²) in [5, 5.41) is 9.84. The van der Waals surface area contributed by atoms with Gasteiger partial charge in [-0.1, -0.05) is 19.9 Å². The average molecular weight is 277 g/mol. The molecule has 0 fully saturated rings. The molecule has 0 aliphatic heterocycles. The lowest BCUT2D eigenvalue weighted by molar-refractivity contribution is -0.0299. The summed E-state index contributed by atoms with van der Waals surface area (Å²) in [5.41, 5.74) is 8.95. The van der Waals surface area contributed by atoms with Crippen molar-refractivity contribution in [2.24, 2.45) is 5.73 Å². The van der Waals surface area contributed by atoms with Crippen molar-refractivity contribution < 1.29 is 9.84 Å². The van der Waals surface area contributed by atoms with Crippen LogP contribution in [-0.4, -0.2) is 23.4 Å². The summed E-state index contributed by atoms with van der Waals surface area (Å²) in [6, 6.07) is 5.65. The Morgan fingerprint density at radius 2 is 2.00 bits per heavy atom. The van der Waals surface area contributed by atoms with Crippen molar-refractivity contribution in [3.05, 3.63) is 29.3 Å². The van der Waals surface area contributed by atoms with Gasteiger partial charge >= 0.3 is 0 Å². The molecule has 0 bridgehead atoms. The molecule has 2 rings (SSSR count). The second-order valence-corrected chi connectivity index (χ2v) is 6.16. The van der Waals surface area contributed by atoms with E-state index >= 15 is 0 Å². The summed E-state index contributed by atoms with van der Waals surface area (Å²) in [7, 11) is 0. The molecule has 112 valence electrons. The molecule has 1 aromatic carbocycles. The Hall–Kier alpha value is -1.06. The van der Waals surface area contributed by atoms with Crippen molar-refractivity contribution in [2.45, 2.75) is 70.6 Å². The molecule has 1 aliphatic rings. The van der Waals surface area contributed by atoms with Crippen LogP contribution in [0.1, 0.15) is 51.7 Å². The number of rotatable bonds is 4. The fourth-order valence-corrected chi connectivity index (χ4v) is 3.67. The maximum atomic E-state index is 9.84. The fourth-order valence-electron chi connectivity index (χ4n) is 3.67. The molecule has 3 N–H and O–H groups in total. The largest absolute Gasteiger partial charge is 0.508 e. The lowest BCUT2D eigenvalue weighted by Crippen LogP contribution is -2.57. The van der Waals surface area contributed by atoms with Gasteiger partial charge in [-0.15, -0.1) is 0 Å². The van der Waals surface area contributed by atoms with Crippen LogP contribution in [0.5, 0.6) is 5.75 Å². The zero-order valence-corrected chi connectivity index (χ0v) is 13.0. The number of phenolic OH excluding ortho intramolecular Hbond substituents is 1. The third-order valence-electron chi connectivity index (χ3n) is 4.80. The molecule has 0 saturated heterocycles. The number of ether oxygens (including phenoxy) is 1. The van der Waals surface area contributed by atoms with Crippen molar-refractivity contribution in [3.63, 3.8) is 0 Å². The first-order valence-corrected chi connectivity index (χ1v) is 7.68. The maximum absolute atomic E-state index is 9.84. The number of benzene rings is 1. The molecule has 3 nitrogen and oxygen atoms in total. The summed E-state index contributed by atoms with van der Waals surface area (Å²) in [6.07, 6.45) is 2.97. The molecule has 1 aromatic rings. The first kappa shape index (κ1) is 15.3. The highest BCUT2D eigenvalue weighted by molar-refractivity contribution is 5.44. The Morgan fingerprint density at radius 3 is 2.55 bits per heavy atom. The standard InChI is InChI=1S/C17H27NO2/c1-5-17(6-2)14-10-13(19)8-7-12(14)9-15(16(17)18)20-11(3)4/h7-8,10-11,15-16,19H,5-6,9,18H2,1-4H3/t15-,16+/m0/s1. The first-order chi connectivity index (χ1) is 9.44. The van der Waals surface area contributed by atoms with Gasteiger partial charge in [0, 0.05) is 17.9 Å². The summed E-state index contributed by atoms with van der Waals surface area (Å²) < 4.78 is 6.06. The predicted octanol–water partition coefficient (Wildman–Crippen LogP) is 3.13. The third-order valence-corrected chi connectivity index (χ3v) is 4.80. The van der Waals surface area contributed by atoms with Gasteiger partial charge in [0.05, 0.1) is 12.2 Å². The summed E-state index contributed by atoms with van der Waals surface area (Å²) in [5.74, 6) is 0.324. The Balaban J connectivity index is 2.50. The van der Waals surface area contributed by atoms with Crippen LogP contribution in [0.4, 0.5) is 0 Å². The third kappa shape index (κ3) is 2.45. The quantitative estimate of drug-likeness (QED) is 0.889. The molecule has 20 heavy (non-hydrogen) atoms. The summed E-state index contributed by atoms with van der Waals surface area (Å²) in [4.78, 5) is 0. The number of phenols is 1. The first-order valence-electron chi connectivity index (χ1n) is 7.68. The van der Waals surface area contributed by atoms with Crippen LogP contribution in [0, 0.1) is 0 Å². The number of nitrogens with two attached hydrogens (primary N) is 1. The van der Waals surface area contributed by atoms with Crippen molar-refractivity contribution >= 4 is 0 Å². The van der Waals surface area contributed by atoms with Crippen molar-refractivity contribution in [1.82, 2.24) is 0 Å². The molecule has 3 heteroatoms. The van der Waals surface area contributed by atoms with Crippen LogP contribution >= 0.6 is 0 Å². The lowest BCUT2D eigenvalue weighted by Gasteiger charge is -2.47. The van der Waals surface area contributed by atoms with Gasteiger partial charge in [0.1, 0.15) is 5.75 Å². The van der Waals surface area contributed by atoms with E-state index in [0.717, 1.165) is 19.3 Å². The monoisotopic (exact) mass is 277 g/mol. The molecule has 0 unspecified atom stereocenters. The Morgan fingerprint density at radius 1 is 1.35 bits per heavy atom. The predicted molar refractivity (Wildman–Crippen MR) is 82.1 cm³/mol. The van der Waals surface area contributed by atoms with Crippen LogP contribution in [0.2, 0.25) is 0 Å². The Kier molecular flexibility index (Phi) is 4.40. The smallest absolute Gasteiger partial charge is 0.115 e. The molecule has 0 amide bonds. The van der Waals surface area contributed by atoms with Crippen molar-refractivity contribution in [1.29, 1.82) is 0 Å². The summed E-state index contributed by atoms with van der Waals surface area (Å²) >= 11 is 0. The highest BCUT2D eigenvalue weighted by Crippen LogP contribution is 2.44. The van der Waals surface area contributed by atoms with Gasteiger partial charge in [0.25, 0.3) is 0 Å². The second-order valence-electron chi connectivity index (χ2n) is 6.16. The molecular weight excluding hydrogens is 250 g/mol. The van der Waals surface area contributed by atoms with E-state index in [-0.39, 0.29) is 23.7 Å². The van der Waals surface area contributed by atoms with Gasteiger partial charge in [-0.05, 0) is 49.9 Å². The molecular formula is C17H27NO2. The van der Waals surface area contributed by atoms with Gasteiger partial charge in [0.15, 0.2) is 0 Å². The zero-order chi connectivity index (χ0) is 14.9. The molecule has 0 heterocycles. The van der Waals surface area contributed by atoms with E-state index in [1.807, 2.05) is 12.1 Å². The maximum Gasteiger partial charge on any atom is 0.115 e. The van der Waals surface area contributed by atoms with Gasteiger partial charge < -0.3 is 15.6 Å². The highest BCUT2D eigenvalue weighted by Gasteiger charge is 2.45. The molecule has 2 atom stereocenters. The SMILES string of the molecule is CCC1(CC)c2cc(O)ccc2C[C@H](OC(C)C)[C@H]1N. The van der Waals surface area contributed by atoms with Gasteiger partial charge in [-0.2, -0.15) is 0 Å². The molecule has 0 spiro atoms. The Labute approximate surface area is 122 Å². The minimum absolute atomic E-state index is 0.0331. The van der Waals surface area contributed by atoms with E-state index in [4.69, 9.17) is 10.5 Å². The van der Waals surface area contributed by atoms with Crippen LogP contribution in [0.25, 0.3) is 0 Å². The number of aromatic hydroxyl groups is 1. The number of hydrogen-bond donors (Lipinski definition) is 2. The molecule has 0 saturated carbocycles. The van der Waals surface area contributed by atoms with Gasteiger partial charge in [-0.25, -0.2) is 0 Å². The Bertz CT molecular complexity index is 466. The van der Waals surface area contributed by atoms with Crippen molar-refractivity contribution in [3.8, 4) is 5.75 Å². The molecule has 0 radical (unpaired) electrons.